The topological polar surface area (TPSA) is 67.6 Å². The van der Waals surface area contributed by atoms with Crippen LogP contribution in [0.4, 0.5) is 4.39 Å². The van der Waals surface area contributed by atoms with Crippen LogP contribution in [0.1, 0.15) is 31.0 Å². The summed E-state index contributed by atoms with van der Waals surface area (Å²) in [6.07, 6.45) is 6.21. The third-order valence-corrected chi connectivity index (χ3v) is 7.71. The maximum Gasteiger partial charge on any atom is 0.308 e. The van der Waals surface area contributed by atoms with Crippen molar-refractivity contribution in [1.82, 2.24) is 14.5 Å². The summed E-state index contributed by atoms with van der Waals surface area (Å²) in [5.41, 5.74) is 1.32. The number of pyridine rings is 1. The Bertz CT molecular complexity index is 1120. The maximum absolute atomic E-state index is 15.4. The minimum atomic E-state index is -1.17. The number of carboxylic acid groups (broad SMARTS) is 1. The number of alkyl halides is 1. The Hall–Kier alpha value is -2.58. The van der Waals surface area contributed by atoms with Crippen LogP contribution in [-0.4, -0.2) is 58.0 Å². The SMILES string of the molecule is COc1ccc2nccc(C(F)CC[C@@H]3CCN(CCSc4ccn(C)c4)C[C@@H]3C(=O)O)c2c1. The molecule has 0 amide bonds. The first-order valence-corrected chi connectivity index (χ1v) is 12.7. The second-order valence-corrected chi connectivity index (χ2v) is 10.2. The lowest BCUT2D eigenvalue weighted by molar-refractivity contribution is -0.146. The number of aryl methyl sites for hydroxylation is 1. The number of nitrogens with zero attached hydrogens (tertiary/aromatic N) is 3. The molecule has 1 saturated heterocycles. The lowest BCUT2D eigenvalue weighted by Gasteiger charge is -2.36. The highest BCUT2D eigenvalue weighted by Crippen LogP contribution is 2.35. The van der Waals surface area contributed by atoms with Crippen molar-refractivity contribution < 1.29 is 19.0 Å². The van der Waals surface area contributed by atoms with E-state index in [1.54, 1.807) is 31.1 Å². The molecule has 0 spiro atoms. The number of aromatic nitrogens is 2. The predicted molar refractivity (Wildman–Crippen MR) is 133 cm³/mol. The summed E-state index contributed by atoms with van der Waals surface area (Å²) in [4.78, 5) is 19.8. The molecule has 0 saturated carbocycles. The van der Waals surface area contributed by atoms with Gasteiger partial charge in [-0.15, -0.1) is 11.8 Å². The number of thioether (sulfide) groups is 1. The first-order chi connectivity index (χ1) is 16.4. The van der Waals surface area contributed by atoms with Crippen molar-refractivity contribution in [2.24, 2.45) is 18.9 Å². The number of halogens is 1. The number of piperidine rings is 1. The third kappa shape index (κ3) is 5.91. The highest BCUT2D eigenvalue weighted by atomic mass is 32.2. The van der Waals surface area contributed by atoms with Crippen LogP contribution in [0, 0.1) is 11.8 Å². The maximum atomic E-state index is 15.4. The quantitative estimate of drug-likeness (QED) is 0.399. The van der Waals surface area contributed by atoms with Crippen LogP contribution < -0.4 is 4.74 Å². The van der Waals surface area contributed by atoms with Gasteiger partial charge in [-0.05, 0) is 67.6 Å². The second kappa shape index (κ2) is 11.2. The normalized spacial score (nSPS) is 19.9. The van der Waals surface area contributed by atoms with Crippen LogP contribution >= 0.6 is 11.8 Å². The average Bonchev–Trinajstić information content (AvgIpc) is 3.26. The van der Waals surface area contributed by atoms with Gasteiger partial charge in [0.25, 0.3) is 0 Å². The van der Waals surface area contributed by atoms with Crippen LogP contribution in [0.15, 0.2) is 53.8 Å². The third-order valence-electron chi connectivity index (χ3n) is 6.75. The van der Waals surface area contributed by atoms with Crippen LogP contribution in [0.3, 0.4) is 0 Å². The van der Waals surface area contributed by atoms with Gasteiger partial charge in [0.1, 0.15) is 11.9 Å². The van der Waals surface area contributed by atoms with Crippen LogP contribution in [0.25, 0.3) is 10.9 Å². The van der Waals surface area contributed by atoms with E-state index in [9.17, 15) is 9.90 Å². The monoisotopic (exact) mass is 485 g/mol. The molecule has 8 heteroatoms. The molecule has 3 atom stereocenters. The van der Waals surface area contributed by atoms with Crippen molar-refractivity contribution in [2.45, 2.75) is 30.3 Å². The van der Waals surface area contributed by atoms with Gasteiger partial charge in [0, 0.05) is 54.8 Å². The van der Waals surface area contributed by atoms with Gasteiger partial charge in [-0.3, -0.25) is 9.78 Å². The fraction of sp³-hybridized carbons (Fsp3) is 0.462. The Morgan fingerprint density at radius 1 is 1.35 bits per heavy atom. The van der Waals surface area contributed by atoms with Gasteiger partial charge in [0.15, 0.2) is 0 Å². The number of likely N-dealkylation sites (tertiary alicyclic amines) is 1. The Morgan fingerprint density at radius 3 is 2.94 bits per heavy atom. The molecule has 3 heterocycles. The number of carbonyl (C=O) groups is 1. The number of benzene rings is 1. The minimum absolute atomic E-state index is 0.0172. The molecule has 0 aliphatic carbocycles. The Morgan fingerprint density at radius 2 is 2.21 bits per heavy atom. The van der Waals surface area contributed by atoms with Crippen LogP contribution in [-0.2, 0) is 11.8 Å². The van der Waals surface area contributed by atoms with E-state index < -0.39 is 18.1 Å². The summed E-state index contributed by atoms with van der Waals surface area (Å²) < 4.78 is 22.7. The van der Waals surface area contributed by atoms with E-state index in [1.165, 1.54) is 4.90 Å². The molecular weight excluding hydrogens is 453 g/mol. The van der Waals surface area contributed by atoms with Crippen molar-refractivity contribution in [3.8, 4) is 5.75 Å². The average molecular weight is 486 g/mol. The molecule has 0 radical (unpaired) electrons. The van der Waals surface area contributed by atoms with Crippen LogP contribution in [0.2, 0.25) is 0 Å². The number of ether oxygens (including phenoxy) is 1. The zero-order chi connectivity index (χ0) is 24.1. The van der Waals surface area contributed by atoms with Crippen molar-refractivity contribution in [1.29, 1.82) is 0 Å². The molecule has 1 aliphatic rings. The number of hydrogen-bond acceptors (Lipinski definition) is 5. The highest BCUT2D eigenvalue weighted by Gasteiger charge is 2.34. The highest BCUT2D eigenvalue weighted by molar-refractivity contribution is 7.99. The molecule has 1 N–H and O–H groups in total. The molecular formula is C26H32FN3O3S. The van der Waals surface area contributed by atoms with Crippen molar-refractivity contribution in [2.75, 3.05) is 32.5 Å². The van der Waals surface area contributed by atoms with E-state index in [2.05, 4.69) is 22.1 Å². The molecule has 182 valence electrons. The largest absolute Gasteiger partial charge is 0.497 e. The summed E-state index contributed by atoms with van der Waals surface area (Å²) in [5.74, 6) is 0.331. The fourth-order valence-corrected chi connectivity index (χ4v) is 5.80. The van der Waals surface area contributed by atoms with Gasteiger partial charge >= 0.3 is 5.97 Å². The van der Waals surface area contributed by atoms with Crippen molar-refractivity contribution >= 4 is 28.6 Å². The first-order valence-electron chi connectivity index (χ1n) is 11.7. The van der Waals surface area contributed by atoms with Crippen LogP contribution in [0.5, 0.6) is 5.75 Å². The van der Waals surface area contributed by atoms with Gasteiger partial charge in [-0.2, -0.15) is 0 Å². The van der Waals surface area contributed by atoms with Gasteiger partial charge in [0.05, 0.1) is 18.5 Å². The van der Waals surface area contributed by atoms with Gasteiger partial charge in [-0.25, -0.2) is 4.39 Å². The van der Waals surface area contributed by atoms with Gasteiger partial charge < -0.3 is 19.3 Å². The molecule has 3 aromatic rings. The molecule has 0 bridgehead atoms. The summed E-state index contributed by atoms with van der Waals surface area (Å²) in [6, 6.07) is 9.27. The number of fused-ring (bicyclic) bond motifs is 1. The standard InChI is InChI=1S/C26H32FN3O3S/c1-29-11-9-20(16-29)34-14-13-30-12-8-18(23(17-30)26(31)32)3-5-24(27)21-7-10-28-25-6-4-19(33-2)15-22(21)25/h4,6-7,9-11,15-16,18,23-24H,3,5,8,12-14,17H2,1-2H3,(H,31,32)/t18-,23+,24?/m1/s1. The lowest BCUT2D eigenvalue weighted by Crippen LogP contribution is -2.44. The molecule has 4 rings (SSSR count). The number of rotatable bonds is 10. The predicted octanol–water partition coefficient (Wildman–Crippen LogP) is 5.19. The van der Waals surface area contributed by atoms with Crippen molar-refractivity contribution in [3.63, 3.8) is 0 Å². The zero-order valence-corrected chi connectivity index (χ0v) is 20.5. The Balaban J connectivity index is 1.33. The van der Waals surface area contributed by atoms with E-state index in [0.29, 0.717) is 30.7 Å². The van der Waals surface area contributed by atoms with E-state index in [1.807, 2.05) is 36.0 Å². The first kappa shape index (κ1) is 24.5. The summed E-state index contributed by atoms with van der Waals surface area (Å²) in [5, 5.41) is 10.6. The molecule has 1 aromatic carbocycles. The number of methoxy groups -OCH3 is 1. The van der Waals surface area contributed by atoms with E-state index in [4.69, 9.17) is 4.74 Å². The number of aliphatic carboxylic acids is 1. The van der Waals surface area contributed by atoms with E-state index in [0.717, 1.165) is 36.2 Å². The molecule has 1 aliphatic heterocycles. The Labute approximate surface area is 204 Å². The minimum Gasteiger partial charge on any atom is -0.497 e. The molecule has 2 aromatic heterocycles. The van der Waals surface area contributed by atoms with E-state index >= 15 is 4.39 Å². The molecule has 6 nitrogen and oxygen atoms in total. The molecule has 34 heavy (non-hydrogen) atoms. The zero-order valence-electron chi connectivity index (χ0n) is 19.7. The molecule has 1 unspecified atom stereocenters. The fourth-order valence-electron chi connectivity index (χ4n) is 4.81. The van der Waals surface area contributed by atoms with E-state index in [-0.39, 0.29) is 5.92 Å². The van der Waals surface area contributed by atoms with Gasteiger partial charge in [0.2, 0.25) is 0 Å². The smallest absolute Gasteiger partial charge is 0.308 e. The summed E-state index contributed by atoms with van der Waals surface area (Å²) >= 11 is 1.79. The molecule has 1 fully saturated rings. The van der Waals surface area contributed by atoms with Gasteiger partial charge in [-0.1, -0.05) is 0 Å². The van der Waals surface area contributed by atoms with Crippen molar-refractivity contribution in [3.05, 3.63) is 54.5 Å². The second-order valence-electron chi connectivity index (χ2n) is 8.98. The number of hydrogen-bond donors (Lipinski definition) is 1. The summed E-state index contributed by atoms with van der Waals surface area (Å²) in [6.45, 7) is 2.24. The summed E-state index contributed by atoms with van der Waals surface area (Å²) in [7, 11) is 3.59. The lowest BCUT2D eigenvalue weighted by atomic mass is 9.81. The Kier molecular flexibility index (Phi) is 8.11. The number of carboxylic acids is 1.